The summed E-state index contributed by atoms with van der Waals surface area (Å²) in [5, 5.41) is 10.6. The molecule has 160 valence electrons. The highest BCUT2D eigenvalue weighted by Crippen LogP contribution is 2.45. The normalized spacial score (nSPS) is 16.2. The summed E-state index contributed by atoms with van der Waals surface area (Å²) in [7, 11) is 5.90. The standard InChI is InChI=1S/C21H23NO8/c1-26-9-7-22-17(12-10-14(27-2)20(29-4)15(11-12)28-3)16(19(24)21(22)25)18(23)13-6-5-8-30-13/h5-6,8,10-11,17,24H,7,9H2,1-4H3/t17-/m0/s1. The fraction of sp³-hybridized carbons (Fsp3) is 0.333. The molecule has 1 amide bonds. The van der Waals surface area contributed by atoms with E-state index in [0.717, 1.165) is 0 Å². The Kier molecular flexibility index (Phi) is 6.31. The minimum atomic E-state index is -0.904. The Morgan fingerprint density at radius 2 is 1.80 bits per heavy atom. The maximum absolute atomic E-state index is 13.1. The first kappa shape index (κ1) is 21.3. The number of amides is 1. The highest BCUT2D eigenvalue weighted by atomic mass is 16.5. The lowest BCUT2D eigenvalue weighted by Gasteiger charge is -2.27. The van der Waals surface area contributed by atoms with Crippen LogP contribution in [0.5, 0.6) is 17.2 Å². The number of methoxy groups -OCH3 is 4. The van der Waals surface area contributed by atoms with Crippen LogP contribution in [-0.2, 0) is 9.53 Å². The number of benzene rings is 1. The SMILES string of the molecule is COCCN1C(=O)C(O)=C(C(=O)c2ccco2)[C@@H]1c1cc(OC)c(OC)c(OC)c1. The first-order valence-electron chi connectivity index (χ1n) is 9.09. The van der Waals surface area contributed by atoms with E-state index in [4.69, 9.17) is 23.4 Å². The summed E-state index contributed by atoms with van der Waals surface area (Å²) in [6.45, 7) is 0.359. The number of carbonyl (C=O) groups excluding carboxylic acids is 2. The zero-order valence-corrected chi connectivity index (χ0v) is 17.1. The second-order valence-corrected chi connectivity index (χ2v) is 6.42. The number of Topliss-reactive ketones (excluding diaryl/α,β-unsaturated/α-hetero) is 1. The lowest BCUT2D eigenvalue weighted by molar-refractivity contribution is -0.130. The summed E-state index contributed by atoms with van der Waals surface area (Å²) < 4.78 is 26.5. The topological polar surface area (TPSA) is 108 Å². The lowest BCUT2D eigenvalue weighted by atomic mass is 9.94. The van der Waals surface area contributed by atoms with Crippen molar-refractivity contribution in [3.05, 3.63) is 53.2 Å². The minimum Gasteiger partial charge on any atom is -0.503 e. The molecule has 0 saturated heterocycles. The Hall–Kier alpha value is -3.46. The Bertz CT molecular complexity index is 938. The molecule has 0 spiro atoms. The third kappa shape index (κ3) is 3.59. The zero-order chi connectivity index (χ0) is 21.8. The van der Waals surface area contributed by atoms with Crippen molar-refractivity contribution in [3.63, 3.8) is 0 Å². The highest BCUT2D eigenvalue weighted by molar-refractivity contribution is 6.15. The smallest absolute Gasteiger partial charge is 0.290 e. The predicted octanol–water partition coefficient (Wildman–Crippen LogP) is 2.53. The van der Waals surface area contributed by atoms with Crippen molar-refractivity contribution in [2.75, 3.05) is 41.6 Å². The van der Waals surface area contributed by atoms with Gasteiger partial charge in [-0.15, -0.1) is 0 Å². The Morgan fingerprint density at radius 3 is 2.30 bits per heavy atom. The van der Waals surface area contributed by atoms with Crippen LogP contribution in [-0.4, -0.2) is 63.3 Å². The summed E-state index contributed by atoms with van der Waals surface area (Å²) >= 11 is 0. The van der Waals surface area contributed by atoms with Crippen LogP contribution in [0.4, 0.5) is 0 Å². The predicted molar refractivity (Wildman–Crippen MR) is 105 cm³/mol. The summed E-state index contributed by atoms with van der Waals surface area (Å²) in [5.74, 6) is -0.833. The molecule has 2 aromatic rings. The molecule has 0 unspecified atom stereocenters. The van der Waals surface area contributed by atoms with Crippen LogP contribution in [0, 0.1) is 0 Å². The van der Waals surface area contributed by atoms with E-state index >= 15 is 0 Å². The maximum atomic E-state index is 13.1. The van der Waals surface area contributed by atoms with Crippen molar-refractivity contribution in [2.24, 2.45) is 0 Å². The van der Waals surface area contributed by atoms with Crippen LogP contribution < -0.4 is 14.2 Å². The van der Waals surface area contributed by atoms with Gasteiger partial charge in [0.25, 0.3) is 5.91 Å². The Balaban J connectivity index is 2.18. The molecule has 0 fully saturated rings. The molecule has 0 radical (unpaired) electrons. The Labute approximate surface area is 173 Å². The number of nitrogens with zero attached hydrogens (tertiary/aromatic N) is 1. The number of aliphatic hydroxyl groups is 1. The summed E-state index contributed by atoms with van der Waals surface area (Å²) in [6.07, 6.45) is 1.35. The van der Waals surface area contributed by atoms with Gasteiger partial charge in [0.1, 0.15) is 0 Å². The minimum absolute atomic E-state index is 0.00961. The van der Waals surface area contributed by atoms with E-state index in [-0.39, 0.29) is 24.5 Å². The molecule has 1 N–H and O–H groups in total. The van der Waals surface area contributed by atoms with E-state index in [1.165, 1.54) is 45.7 Å². The molecule has 1 atom stereocenters. The number of carbonyl (C=O) groups is 2. The van der Waals surface area contributed by atoms with Crippen LogP contribution in [0.15, 0.2) is 46.3 Å². The van der Waals surface area contributed by atoms with Gasteiger partial charge in [0, 0.05) is 13.7 Å². The van der Waals surface area contributed by atoms with Crippen LogP contribution in [0.25, 0.3) is 0 Å². The number of hydrogen-bond donors (Lipinski definition) is 1. The number of ether oxygens (including phenoxy) is 4. The summed E-state index contributed by atoms with van der Waals surface area (Å²) in [6, 6.07) is 5.38. The summed E-state index contributed by atoms with van der Waals surface area (Å²) in [5.41, 5.74) is 0.397. The van der Waals surface area contributed by atoms with Crippen LogP contribution in [0.1, 0.15) is 22.2 Å². The van der Waals surface area contributed by atoms with Gasteiger partial charge >= 0.3 is 0 Å². The number of hydrogen-bond acceptors (Lipinski definition) is 8. The third-order valence-corrected chi connectivity index (χ3v) is 4.83. The molecule has 0 saturated carbocycles. The van der Waals surface area contributed by atoms with Gasteiger partial charge in [-0.25, -0.2) is 0 Å². The monoisotopic (exact) mass is 417 g/mol. The van der Waals surface area contributed by atoms with Crippen molar-refractivity contribution in [1.29, 1.82) is 0 Å². The van der Waals surface area contributed by atoms with Crippen molar-refractivity contribution >= 4 is 11.7 Å². The number of rotatable bonds is 9. The average molecular weight is 417 g/mol. The first-order valence-corrected chi connectivity index (χ1v) is 9.09. The van der Waals surface area contributed by atoms with Crippen molar-refractivity contribution in [2.45, 2.75) is 6.04 Å². The quantitative estimate of drug-likeness (QED) is 0.620. The highest BCUT2D eigenvalue weighted by Gasteiger charge is 2.44. The van der Waals surface area contributed by atoms with Crippen LogP contribution >= 0.6 is 0 Å². The van der Waals surface area contributed by atoms with Crippen molar-refractivity contribution in [3.8, 4) is 17.2 Å². The largest absolute Gasteiger partial charge is 0.503 e. The number of aliphatic hydroxyl groups excluding tert-OH is 1. The van der Waals surface area contributed by atoms with E-state index in [2.05, 4.69) is 0 Å². The Morgan fingerprint density at radius 1 is 1.13 bits per heavy atom. The van der Waals surface area contributed by atoms with E-state index < -0.39 is 23.5 Å². The third-order valence-electron chi connectivity index (χ3n) is 4.83. The molecule has 1 aromatic heterocycles. The number of furan rings is 1. The molecule has 0 aliphatic carbocycles. The maximum Gasteiger partial charge on any atom is 0.290 e. The van der Waals surface area contributed by atoms with Gasteiger partial charge in [-0.1, -0.05) is 0 Å². The molecule has 1 aromatic carbocycles. The second-order valence-electron chi connectivity index (χ2n) is 6.42. The number of ketones is 1. The van der Waals surface area contributed by atoms with Gasteiger partial charge in [-0.05, 0) is 29.8 Å². The van der Waals surface area contributed by atoms with E-state index in [1.54, 1.807) is 18.2 Å². The molecule has 3 rings (SSSR count). The van der Waals surface area contributed by atoms with E-state index in [0.29, 0.717) is 22.8 Å². The van der Waals surface area contributed by atoms with Crippen LogP contribution in [0.2, 0.25) is 0 Å². The molecule has 0 bridgehead atoms. The molecule has 1 aliphatic heterocycles. The van der Waals surface area contributed by atoms with Gasteiger partial charge < -0.3 is 33.4 Å². The zero-order valence-electron chi connectivity index (χ0n) is 17.1. The summed E-state index contributed by atoms with van der Waals surface area (Å²) in [4.78, 5) is 27.3. The molecular formula is C21H23NO8. The van der Waals surface area contributed by atoms with Gasteiger partial charge in [0.05, 0.1) is 45.8 Å². The van der Waals surface area contributed by atoms with Crippen molar-refractivity contribution in [1.82, 2.24) is 4.90 Å². The molecule has 2 heterocycles. The molecular weight excluding hydrogens is 394 g/mol. The van der Waals surface area contributed by atoms with E-state index in [9.17, 15) is 14.7 Å². The van der Waals surface area contributed by atoms with Gasteiger partial charge in [-0.3, -0.25) is 9.59 Å². The van der Waals surface area contributed by atoms with Gasteiger partial charge in [-0.2, -0.15) is 0 Å². The molecule has 1 aliphatic rings. The molecule has 9 heteroatoms. The van der Waals surface area contributed by atoms with E-state index in [1.807, 2.05) is 0 Å². The average Bonchev–Trinajstić information content (AvgIpc) is 3.38. The lowest BCUT2D eigenvalue weighted by Crippen LogP contribution is -2.34. The molecule has 30 heavy (non-hydrogen) atoms. The molecule has 9 nitrogen and oxygen atoms in total. The second kappa shape index (κ2) is 8.91. The van der Waals surface area contributed by atoms with Crippen LogP contribution in [0.3, 0.4) is 0 Å². The fourth-order valence-electron chi connectivity index (χ4n) is 3.45. The first-order chi connectivity index (χ1) is 14.5. The van der Waals surface area contributed by atoms with Crippen molar-refractivity contribution < 1.29 is 38.1 Å². The van der Waals surface area contributed by atoms with Gasteiger partial charge in [0.2, 0.25) is 11.5 Å². The van der Waals surface area contributed by atoms with Gasteiger partial charge in [0.15, 0.2) is 23.0 Å². The fourth-order valence-corrected chi connectivity index (χ4v) is 3.45.